The molecule has 0 unspecified atom stereocenters. The molecule has 3 aromatic carbocycles. The Morgan fingerprint density at radius 2 is 1.83 bits per heavy atom. The van der Waals surface area contributed by atoms with Crippen LogP contribution in [0, 0.1) is 11.2 Å². The lowest BCUT2D eigenvalue weighted by molar-refractivity contribution is 0.629. The van der Waals surface area contributed by atoms with Crippen LogP contribution in [0.15, 0.2) is 42.5 Å². The topological polar surface area (TPSA) is 89.7 Å². The highest BCUT2D eigenvalue weighted by Crippen LogP contribution is 2.35. The molecule has 1 heterocycles. The molecule has 0 saturated heterocycles. The smallest absolute Gasteiger partial charge is 0.185 e. The SMILES string of the molecule is N=C(N)NCCc1cc(Nc2cc(F)c(Cl)cc2Cl)cc2c1[nH]c1ccc(Cl)cc12. The molecule has 0 amide bonds. The van der Waals surface area contributed by atoms with Gasteiger partial charge in [-0.25, -0.2) is 4.39 Å². The first-order valence-corrected chi connectivity index (χ1v) is 10.2. The van der Waals surface area contributed by atoms with Crippen LogP contribution in [0.1, 0.15) is 5.56 Å². The summed E-state index contributed by atoms with van der Waals surface area (Å²) < 4.78 is 13.9. The summed E-state index contributed by atoms with van der Waals surface area (Å²) in [6, 6.07) is 12.2. The molecule has 9 heteroatoms. The van der Waals surface area contributed by atoms with Gasteiger partial charge in [0.2, 0.25) is 0 Å². The number of guanidine groups is 1. The minimum absolute atomic E-state index is 0.0386. The van der Waals surface area contributed by atoms with Crippen molar-refractivity contribution >= 4 is 73.9 Å². The number of aromatic nitrogens is 1. The molecule has 6 N–H and O–H groups in total. The van der Waals surface area contributed by atoms with Crippen molar-refractivity contribution < 1.29 is 4.39 Å². The van der Waals surface area contributed by atoms with Gasteiger partial charge >= 0.3 is 0 Å². The molecule has 30 heavy (non-hydrogen) atoms. The van der Waals surface area contributed by atoms with Gasteiger partial charge in [0.25, 0.3) is 0 Å². The van der Waals surface area contributed by atoms with E-state index in [1.165, 1.54) is 12.1 Å². The van der Waals surface area contributed by atoms with E-state index in [4.69, 9.17) is 45.9 Å². The summed E-state index contributed by atoms with van der Waals surface area (Å²) in [6.45, 7) is 0.486. The number of fused-ring (bicyclic) bond motifs is 3. The summed E-state index contributed by atoms with van der Waals surface area (Å²) in [5.74, 6) is -0.651. The summed E-state index contributed by atoms with van der Waals surface area (Å²) >= 11 is 18.2. The maximum absolute atomic E-state index is 13.9. The van der Waals surface area contributed by atoms with Crippen molar-refractivity contribution in [2.45, 2.75) is 6.42 Å². The van der Waals surface area contributed by atoms with E-state index >= 15 is 0 Å². The normalized spacial score (nSPS) is 11.2. The van der Waals surface area contributed by atoms with Crippen LogP contribution in [0.25, 0.3) is 21.8 Å². The second kappa shape index (κ2) is 8.22. The molecule has 4 rings (SSSR count). The summed E-state index contributed by atoms with van der Waals surface area (Å²) in [5.41, 5.74) is 9.42. The van der Waals surface area contributed by atoms with Crippen LogP contribution in [0.4, 0.5) is 15.8 Å². The fourth-order valence-corrected chi connectivity index (χ4v) is 4.02. The molecule has 0 aliphatic heterocycles. The second-order valence-corrected chi connectivity index (χ2v) is 8.09. The lowest BCUT2D eigenvalue weighted by Crippen LogP contribution is -2.31. The van der Waals surface area contributed by atoms with E-state index in [-0.39, 0.29) is 11.0 Å². The number of rotatable bonds is 5. The highest BCUT2D eigenvalue weighted by atomic mass is 35.5. The fraction of sp³-hybridized carbons (Fsp3) is 0.0952. The molecule has 1 aromatic heterocycles. The Morgan fingerprint density at radius 3 is 2.60 bits per heavy atom. The van der Waals surface area contributed by atoms with Gasteiger partial charge < -0.3 is 21.4 Å². The average Bonchev–Trinajstić information content (AvgIpc) is 3.04. The number of aromatic amines is 1. The number of hydrogen-bond donors (Lipinski definition) is 5. The first-order valence-electron chi connectivity index (χ1n) is 9.05. The van der Waals surface area contributed by atoms with E-state index in [1.54, 1.807) is 0 Å². The first kappa shape index (κ1) is 20.6. The number of H-pyrrole nitrogens is 1. The summed E-state index contributed by atoms with van der Waals surface area (Å²) in [7, 11) is 0. The number of benzene rings is 3. The number of halogens is 4. The number of nitrogens with one attached hydrogen (secondary N) is 4. The maximum Gasteiger partial charge on any atom is 0.185 e. The largest absolute Gasteiger partial charge is 0.370 e. The van der Waals surface area contributed by atoms with Gasteiger partial charge in [-0.2, -0.15) is 0 Å². The molecule has 0 spiro atoms. The zero-order valence-corrected chi connectivity index (χ0v) is 17.8. The van der Waals surface area contributed by atoms with E-state index in [0.717, 1.165) is 33.1 Å². The molecule has 0 fully saturated rings. The van der Waals surface area contributed by atoms with E-state index in [9.17, 15) is 4.39 Å². The van der Waals surface area contributed by atoms with Gasteiger partial charge in [0.15, 0.2) is 5.96 Å². The molecule has 0 atom stereocenters. The predicted molar refractivity (Wildman–Crippen MR) is 124 cm³/mol. The van der Waals surface area contributed by atoms with E-state index in [2.05, 4.69) is 15.6 Å². The van der Waals surface area contributed by atoms with Crippen LogP contribution in [-0.2, 0) is 6.42 Å². The highest BCUT2D eigenvalue weighted by molar-refractivity contribution is 6.36. The first-order chi connectivity index (χ1) is 14.3. The Morgan fingerprint density at radius 1 is 1.03 bits per heavy atom. The minimum atomic E-state index is -0.561. The van der Waals surface area contributed by atoms with Crippen molar-refractivity contribution in [1.29, 1.82) is 5.41 Å². The van der Waals surface area contributed by atoms with Crippen molar-refractivity contribution in [3.8, 4) is 0 Å². The van der Waals surface area contributed by atoms with Crippen LogP contribution >= 0.6 is 34.8 Å². The van der Waals surface area contributed by atoms with E-state index in [1.807, 2.05) is 30.3 Å². The Labute approximate surface area is 186 Å². The highest BCUT2D eigenvalue weighted by Gasteiger charge is 2.13. The zero-order valence-electron chi connectivity index (χ0n) is 15.5. The number of nitrogens with two attached hydrogens (primary N) is 1. The molecule has 0 saturated carbocycles. The molecular weight excluding hydrogens is 448 g/mol. The monoisotopic (exact) mass is 463 g/mol. The van der Waals surface area contributed by atoms with Crippen LogP contribution in [0.2, 0.25) is 15.1 Å². The molecule has 0 aliphatic rings. The van der Waals surface area contributed by atoms with Crippen molar-refractivity contribution in [3.63, 3.8) is 0 Å². The third-order valence-corrected chi connectivity index (χ3v) is 5.59. The van der Waals surface area contributed by atoms with E-state index < -0.39 is 5.82 Å². The molecule has 4 aromatic rings. The van der Waals surface area contributed by atoms with Crippen LogP contribution in [-0.4, -0.2) is 17.5 Å². The Hall–Kier alpha value is -2.67. The van der Waals surface area contributed by atoms with Gasteiger partial charge in [0.05, 0.1) is 15.7 Å². The summed E-state index contributed by atoms with van der Waals surface area (Å²) in [5, 5.41) is 16.2. The maximum atomic E-state index is 13.9. The zero-order chi connectivity index (χ0) is 21.4. The Kier molecular flexibility index (Phi) is 5.64. The van der Waals surface area contributed by atoms with Crippen molar-refractivity contribution in [2.24, 2.45) is 5.73 Å². The third-order valence-electron chi connectivity index (χ3n) is 4.75. The molecule has 0 radical (unpaired) electrons. The second-order valence-electron chi connectivity index (χ2n) is 6.83. The number of hydrogen-bond acceptors (Lipinski definition) is 2. The van der Waals surface area contributed by atoms with Crippen LogP contribution in [0.5, 0.6) is 0 Å². The summed E-state index contributed by atoms with van der Waals surface area (Å²) in [4.78, 5) is 3.43. The third kappa shape index (κ3) is 4.12. The summed E-state index contributed by atoms with van der Waals surface area (Å²) in [6.07, 6.45) is 0.606. The lowest BCUT2D eigenvalue weighted by Gasteiger charge is -2.13. The fourth-order valence-electron chi connectivity index (χ4n) is 3.42. The minimum Gasteiger partial charge on any atom is -0.370 e. The molecule has 0 bridgehead atoms. The van der Waals surface area contributed by atoms with Crippen molar-refractivity contribution in [2.75, 3.05) is 11.9 Å². The van der Waals surface area contributed by atoms with Gasteiger partial charge in [-0.15, -0.1) is 0 Å². The standard InChI is InChI=1S/C21H17Cl3FN5/c22-11-1-2-18-13(6-11)14-7-12(29-19-9-17(25)15(23)8-16(19)24)5-10(20(14)30-18)3-4-28-21(26)27/h1-2,5-9,29-30H,3-4H2,(H4,26,27,28). The van der Waals surface area contributed by atoms with Crippen LogP contribution < -0.4 is 16.4 Å². The quantitative estimate of drug-likeness (QED) is 0.139. The van der Waals surface area contributed by atoms with Gasteiger partial charge in [0.1, 0.15) is 5.82 Å². The van der Waals surface area contributed by atoms with Gasteiger partial charge in [-0.3, -0.25) is 5.41 Å². The van der Waals surface area contributed by atoms with Crippen LogP contribution in [0.3, 0.4) is 0 Å². The Bertz CT molecular complexity index is 1290. The lowest BCUT2D eigenvalue weighted by atomic mass is 10.0. The number of anilines is 2. The van der Waals surface area contributed by atoms with Gasteiger partial charge in [-0.05, 0) is 48.4 Å². The predicted octanol–water partition coefficient (Wildman–Crippen LogP) is 6.19. The van der Waals surface area contributed by atoms with Gasteiger partial charge in [0, 0.05) is 45.1 Å². The van der Waals surface area contributed by atoms with Gasteiger partial charge in [-0.1, -0.05) is 34.8 Å². The molecule has 5 nitrogen and oxygen atoms in total. The molecular formula is C21H17Cl3FN5. The molecule has 154 valence electrons. The van der Waals surface area contributed by atoms with E-state index in [0.29, 0.717) is 28.7 Å². The molecule has 0 aliphatic carbocycles. The van der Waals surface area contributed by atoms with Crippen molar-refractivity contribution in [3.05, 3.63) is 68.9 Å². The van der Waals surface area contributed by atoms with Crippen molar-refractivity contribution in [1.82, 2.24) is 10.3 Å². The average molecular weight is 465 g/mol. The Balaban J connectivity index is 1.82.